The Labute approximate surface area is 93.6 Å². The number of halogens is 1. The molecule has 1 aromatic rings. The summed E-state index contributed by atoms with van der Waals surface area (Å²) in [5.74, 6) is 0.949. The Hall–Kier alpha value is -0.540. The second kappa shape index (κ2) is 5.37. The van der Waals surface area contributed by atoms with Gasteiger partial charge in [0.25, 0.3) is 0 Å². The minimum Gasteiger partial charge on any atom is -0.496 e. The Bertz CT molecular complexity index is 312. The molecule has 0 fully saturated rings. The first-order chi connectivity index (χ1) is 6.72. The van der Waals surface area contributed by atoms with E-state index in [1.54, 1.807) is 7.11 Å². The molecule has 2 N–H and O–H groups in total. The second-order valence-corrected chi connectivity index (χ2v) is 4.01. The third-order valence-corrected chi connectivity index (χ3v) is 2.93. The van der Waals surface area contributed by atoms with Crippen molar-refractivity contribution in [2.45, 2.75) is 19.8 Å². The Balaban J connectivity index is 3.10. The molecular weight excluding hydrogens is 242 g/mol. The average Bonchev–Trinajstić information content (AvgIpc) is 2.17. The van der Waals surface area contributed by atoms with Crippen molar-refractivity contribution in [2.75, 3.05) is 13.7 Å². The molecule has 0 radical (unpaired) electrons. The molecular formula is C11H16BrNO. The maximum Gasteiger partial charge on any atom is 0.123 e. The molecule has 0 atom stereocenters. The van der Waals surface area contributed by atoms with Crippen molar-refractivity contribution in [2.24, 2.45) is 5.73 Å². The molecule has 0 saturated carbocycles. The number of hydrogen-bond donors (Lipinski definition) is 1. The molecule has 0 heterocycles. The van der Waals surface area contributed by atoms with Crippen LogP contribution in [0.5, 0.6) is 5.75 Å². The summed E-state index contributed by atoms with van der Waals surface area (Å²) in [6.07, 6.45) is 1.85. The van der Waals surface area contributed by atoms with Crippen LogP contribution in [-0.4, -0.2) is 13.7 Å². The van der Waals surface area contributed by atoms with Crippen LogP contribution in [0.4, 0.5) is 0 Å². The SMILES string of the molecule is CCc1c(Br)cc(CCN)cc1OC. The van der Waals surface area contributed by atoms with Crippen molar-refractivity contribution in [1.82, 2.24) is 0 Å². The third kappa shape index (κ3) is 2.49. The maximum absolute atomic E-state index is 5.52. The monoisotopic (exact) mass is 257 g/mol. The predicted octanol–water partition coefficient (Wildman–Crippen LogP) is 2.52. The molecule has 0 unspecified atom stereocenters. The third-order valence-electron chi connectivity index (χ3n) is 2.22. The van der Waals surface area contributed by atoms with Crippen LogP contribution in [0.1, 0.15) is 18.1 Å². The minimum atomic E-state index is 0.668. The van der Waals surface area contributed by atoms with E-state index in [-0.39, 0.29) is 0 Å². The second-order valence-electron chi connectivity index (χ2n) is 3.15. The summed E-state index contributed by atoms with van der Waals surface area (Å²) in [5.41, 5.74) is 7.95. The van der Waals surface area contributed by atoms with E-state index in [9.17, 15) is 0 Å². The van der Waals surface area contributed by atoms with Crippen LogP contribution >= 0.6 is 15.9 Å². The van der Waals surface area contributed by atoms with E-state index in [2.05, 4.69) is 35.0 Å². The fourth-order valence-corrected chi connectivity index (χ4v) is 2.27. The summed E-state index contributed by atoms with van der Waals surface area (Å²) in [4.78, 5) is 0. The topological polar surface area (TPSA) is 35.2 Å². The van der Waals surface area contributed by atoms with Crippen LogP contribution in [0.2, 0.25) is 0 Å². The van der Waals surface area contributed by atoms with Crippen molar-refractivity contribution in [3.05, 3.63) is 27.7 Å². The molecule has 1 rings (SSSR count). The molecule has 0 aliphatic rings. The van der Waals surface area contributed by atoms with E-state index in [0.29, 0.717) is 6.54 Å². The fourth-order valence-electron chi connectivity index (χ4n) is 1.50. The molecule has 1 aromatic carbocycles. The number of benzene rings is 1. The maximum atomic E-state index is 5.52. The van der Waals surface area contributed by atoms with Gasteiger partial charge in [-0.1, -0.05) is 22.9 Å². The van der Waals surface area contributed by atoms with Gasteiger partial charge in [-0.25, -0.2) is 0 Å². The minimum absolute atomic E-state index is 0.668. The molecule has 0 aliphatic heterocycles. The molecule has 0 aliphatic carbocycles. The zero-order valence-corrected chi connectivity index (χ0v) is 10.2. The summed E-state index contributed by atoms with van der Waals surface area (Å²) >= 11 is 3.55. The van der Waals surface area contributed by atoms with Gasteiger partial charge in [-0.05, 0) is 37.1 Å². The molecule has 14 heavy (non-hydrogen) atoms. The highest BCUT2D eigenvalue weighted by Gasteiger charge is 2.07. The lowest BCUT2D eigenvalue weighted by atomic mass is 10.1. The van der Waals surface area contributed by atoms with Crippen LogP contribution in [0.25, 0.3) is 0 Å². The Morgan fingerprint density at radius 2 is 2.14 bits per heavy atom. The first-order valence-corrected chi connectivity index (χ1v) is 5.57. The summed E-state index contributed by atoms with van der Waals surface area (Å²) < 4.78 is 6.45. The summed E-state index contributed by atoms with van der Waals surface area (Å²) in [5, 5.41) is 0. The van der Waals surface area contributed by atoms with Gasteiger partial charge in [-0.2, -0.15) is 0 Å². The highest BCUT2D eigenvalue weighted by Crippen LogP contribution is 2.29. The summed E-state index contributed by atoms with van der Waals surface area (Å²) in [6.45, 7) is 2.78. The fraction of sp³-hybridized carbons (Fsp3) is 0.455. The van der Waals surface area contributed by atoms with Crippen LogP contribution in [-0.2, 0) is 12.8 Å². The van der Waals surface area contributed by atoms with Crippen molar-refractivity contribution in [3.63, 3.8) is 0 Å². The van der Waals surface area contributed by atoms with Crippen molar-refractivity contribution in [3.8, 4) is 5.75 Å². The number of nitrogens with two attached hydrogens (primary N) is 1. The number of rotatable bonds is 4. The van der Waals surface area contributed by atoms with Gasteiger partial charge in [0.2, 0.25) is 0 Å². The first kappa shape index (κ1) is 11.5. The van der Waals surface area contributed by atoms with Crippen LogP contribution in [0.15, 0.2) is 16.6 Å². The van der Waals surface area contributed by atoms with Crippen molar-refractivity contribution >= 4 is 15.9 Å². The molecule has 0 saturated heterocycles. The zero-order valence-electron chi connectivity index (χ0n) is 8.64. The van der Waals surface area contributed by atoms with Gasteiger partial charge in [0.15, 0.2) is 0 Å². The smallest absolute Gasteiger partial charge is 0.123 e. The highest BCUT2D eigenvalue weighted by atomic mass is 79.9. The molecule has 0 aromatic heterocycles. The van der Waals surface area contributed by atoms with Gasteiger partial charge in [-0.15, -0.1) is 0 Å². The Morgan fingerprint density at radius 3 is 2.64 bits per heavy atom. The normalized spacial score (nSPS) is 10.3. The van der Waals surface area contributed by atoms with Gasteiger partial charge in [0.05, 0.1) is 7.11 Å². The first-order valence-electron chi connectivity index (χ1n) is 4.78. The lowest BCUT2D eigenvalue weighted by molar-refractivity contribution is 0.409. The predicted molar refractivity (Wildman–Crippen MR) is 62.8 cm³/mol. The van der Waals surface area contributed by atoms with Crippen molar-refractivity contribution < 1.29 is 4.74 Å². The number of hydrogen-bond acceptors (Lipinski definition) is 2. The Morgan fingerprint density at radius 1 is 1.43 bits per heavy atom. The van der Waals surface area contributed by atoms with Gasteiger partial charge < -0.3 is 10.5 Å². The van der Waals surface area contributed by atoms with E-state index in [0.717, 1.165) is 23.1 Å². The van der Waals surface area contributed by atoms with Crippen molar-refractivity contribution in [1.29, 1.82) is 0 Å². The zero-order chi connectivity index (χ0) is 10.6. The van der Waals surface area contributed by atoms with Gasteiger partial charge in [0, 0.05) is 10.0 Å². The van der Waals surface area contributed by atoms with Crippen LogP contribution < -0.4 is 10.5 Å². The van der Waals surface area contributed by atoms with Gasteiger partial charge >= 0.3 is 0 Å². The molecule has 0 spiro atoms. The molecule has 2 nitrogen and oxygen atoms in total. The average molecular weight is 258 g/mol. The van der Waals surface area contributed by atoms with E-state index in [1.165, 1.54) is 11.1 Å². The molecule has 3 heteroatoms. The number of methoxy groups -OCH3 is 1. The Kier molecular flexibility index (Phi) is 4.42. The lowest BCUT2D eigenvalue weighted by Crippen LogP contribution is -2.03. The highest BCUT2D eigenvalue weighted by molar-refractivity contribution is 9.10. The van der Waals surface area contributed by atoms with Gasteiger partial charge in [-0.3, -0.25) is 0 Å². The van der Waals surface area contributed by atoms with Crippen LogP contribution in [0, 0.1) is 0 Å². The molecule has 0 amide bonds. The molecule has 78 valence electrons. The van der Waals surface area contributed by atoms with E-state index < -0.39 is 0 Å². The standard InChI is InChI=1S/C11H16BrNO/c1-3-9-10(12)6-8(4-5-13)7-11(9)14-2/h6-7H,3-5,13H2,1-2H3. The van der Waals surface area contributed by atoms with E-state index in [4.69, 9.17) is 10.5 Å². The summed E-state index contributed by atoms with van der Waals surface area (Å²) in [7, 11) is 1.70. The largest absolute Gasteiger partial charge is 0.496 e. The molecule has 0 bridgehead atoms. The van der Waals surface area contributed by atoms with Gasteiger partial charge in [0.1, 0.15) is 5.75 Å². The number of ether oxygens (including phenoxy) is 1. The van der Waals surface area contributed by atoms with Crippen LogP contribution in [0.3, 0.4) is 0 Å². The lowest BCUT2D eigenvalue weighted by Gasteiger charge is -2.11. The van der Waals surface area contributed by atoms with E-state index >= 15 is 0 Å². The summed E-state index contributed by atoms with van der Waals surface area (Å²) in [6, 6.07) is 4.19. The van der Waals surface area contributed by atoms with E-state index in [1.807, 2.05) is 0 Å². The quantitative estimate of drug-likeness (QED) is 0.900.